The van der Waals surface area contributed by atoms with Crippen molar-refractivity contribution in [2.75, 3.05) is 19.6 Å². The number of nitrogens with zero attached hydrogens (tertiary/aromatic N) is 2. The number of likely N-dealkylation sites (tertiary alicyclic amines) is 1. The molecule has 1 aliphatic carbocycles. The van der Waals surface area contributed by atoms with Crippen LogP contribution in [-0.4, -0.2) is 58.2 Å². The van der Waals surface area contributed by atoms with Crippen LogP contribution in [0.5, 0.6) is 0 Å². The quantitative estimate of drug-likeness (QED) is 0.585. The summed E-state index contributed by atoms with van der Waals surface area (Å²) in [6, 6.07) is 0.528. The van der Waals surface area contributed by atoms with Crippen molar-refractivity contribution in [3.05, 3.63) is 12.7 Å². The van der Waals surface area contributed by atoms with Gasteiger partial charge in [-0.15, -0.1) is 6.58 Å². The highest BCUT2D eigenvalue weighted by Gasteiger charge is 2.51. The Morgan fingerprint density at radius 3 is 2.67 bits per heavy atom. The lowest BCUT2D eigenvalue weighted by Gasteiger charge is -2.45. The Balaban J connectivity index is 1.65. The summed E-state index contributed by atoms with van der Waals surface area (Å²) in [7, 11) is 0. The normalized spacial score (nSPS) is 26.3. The Bertz CT molecular complexity index is 509. The molecule has 0 aromatic rings. The van der Waals surface area contributed by atoms with E-state index in [4.69, 9.17) is 12.2 Å². The molecule has 2 heterocycles. The van der Waals surface area contributed by atoms with Crippen LogP contribution in [0.2, 0.25) is 0 Å². The number of amides is 1. The molecule has 5 nitrogen and oxygen atoms in total. The molecule has 0 aromatic heterocycles. The molecule has 3 fully saturated rings. The summed E-state index contributed by atoms with van der Waals surface area (Å²) >= 11 is 5.54. The molecule has 24 heavy (non-hydrogen) atoms. The van der Waals surface area contributed by atoms with Crippen LogP contribution in [-0.2, 0) is 4.79 Å². The molecular weight excluding hydrogens is 320 g/mol. The molecule has 0 unspecified atom stereocenters. The van der Waals surface area contributed by atoms with Gasteiger partial charge < -0.3 is 15.1 Å². The Hall–Kier alpha value is -1.14. The molecule has 2 N–H and O–H groups in total. The van der Waals surface area contributed by atoms with Crippen LogP contribution in [0.1, 0.15) is 46.0 Å². The largest absolute Gasteiger partial charge is 0.360 e. The average Bonchev–Trinajstić information content (AvgIpc) is 3.31. The molecule has 3 aliphatic rings. The number of hydrogen-bond donors (Lipinski definition) is 2. The maximum absolute atomic E-state index is 12.8. The van der Waals surface area contributed by atoms with E-state index in [2.05, 4.69) is 36.0 Å². The summed E-state index contributed by atoms with van der Waals surface area (Å²) in [4.78, 5) is 17.1. The monoisotopic (exact) mass is 350 g/mol. The van der Waals surface area contributed by atoms with Gasteiger partial charge in [-0.05, 0) is 37.4 Å². The molecular formula is C18H30N4OS. The van der Waals surface area contributed by atoms with Crippen LogP contribution in [0.25, 0.3) is 0 Å². The summed E-state index contributed by atoms with van der Waals surface area (Å²) in [5, 5.41) is 7.98. The minimum atomic E-state index is -0.226. The minimum absolute atomic E-state index is 0.0620. The van der Waals surface area contributed by atoms with E-state index in [-0.39, 0.29) is 17.6 Å². The lowest BCUT2D eigenvalue weighted by atomic mass is 9.96. The molecule has 1 atom stereocenters. The number of nitrogens with one attached hydrogen (secondary N) is 2. The van der Waals surface area contributed by atoms with Crippen LogP contribution in [0.3, 0.4) is 0 Å². The van der Waals surface area contributed by atoms with Gasteiger partial charge in [-0.1, -0.05) is 19.9 Å². The number of hydrogen-bond acceptors (Lipinski definition) is 3. The van der Waals surface area contributed by atoms with Gasteiger partial charge in [0.05, 0.1) is 11.7 Å². The second-order valence-corrected chi connectivity index (χ2v) is 8.19. The zero-order valence-electron chi connectivity index (χ0n) is 14.9. The van der Waals surface area contributed by atoms with Gasteiger partial charge in [-0.3, -0.25) is 10.1 Å². The third-order valence-corrected chi connectivity index (χ3v) is 5.70. The zero-order valence-corrected chi connectivity index (χ0v) is 15.7. The smallest absolute Gasteiger partial charge is 0.241 e. The first kappa shape index (κ1) is 17.7. The molecule has 2 aliphatic heterocycles. The molecule has 0 radical (unpaired) electrons. The van der Waals surface area contributed by atoms with Gasteiger partial charge in [0.2, 0.25) is 5.91 Å². The molecule has 2 saturated heterocycles. The Labute approximate surface area is 150 Å². The Morgan fingerprint density at radius 2 is 2.12 bits per heavy atom. The molecule has 134 valence electrons. The van der Waals surface area contributed by atoms with Crippen molar-refractivity contribution in [2.45, 2.75) is 63.7 Å². The fraction of sp³-hybridized carbons (Fsp3) is 0.778. The predicted molar refractivity (Wildman–Crippen MR) is 101 cm³/mol. The van der Waals surface area contributed by atoms with E-state index in [1.807, 2.05) is 11.0 Å². The number of carbonyl (C=O) groups excluding carboxylic acids is 1. The van der Waals surface area contributed by atoms with Crippen molar-refractivity contribution in [1.29, 1.82) is 0 Å². The van der Waals surface area contributed by atoms with Crippen LogP contribution < -0.4 is 10.6 Å². The van der Waals surface area contributed by atoms with Crippen molar-refractivity contribution in [1.82, 2.24) is 20.4 Å². The lowest BCUT2D eigenvalue weighted by molar-refractivity contribution is -0.132. The first-order valence-electron chi connectivity index (χ1n) is 9.21. The summed E-state index contributed by atoms with van der Waals surface area (Å²) in [6.07, 6.45) is 7.02. The van der Waals surface area contributed by atoms with Crippen LogP contribution in [0, 0.1) is 5.92 Å². The van der Waals surface area contributed by atoms with Gasteiger partial charge in [0.15, 0.2) is 5.11 Å². The van der Waals surface area contributed by atoms with Gasteiger partial charge >= 0.3 is 0 Å². The van der Waals surface area contributed by atoms with Crippen LogP contribution in [0.4, 0.5) is 0 Å². The molecule has 1 spiro atoms. The van der Waals surface area contributed by atoms with E-state index in [0.29, 0.717) is 18.5 Å². The fourth-order valence-corrected chi connectivity index (χ4v) is 4.22. The summed E-state index contributed by atoms with van der Waals surface area (Å²) in [5.41, 5.74) is -0.226. The predicted octanol–water partition coefficient (Wildman–Crippen LogP) is 1.85. The highest BCUT2D eigenvalue weighted by molar-refractivity contribution is 7.80. The Morgan fingerprint density at radius 1 is 1.46 bits per heavy atom. The first-order valence-corrected chi connectivity index (χ1v) is 9.61. The lowest BCUT2D eigenvalue weighted by Crippen LogP contribution is -2.60. The SMILES string of the molecule is C=CCN1C(=O)[C@@H](CC(C)C)NC12CCN(C(=S)NC1CC1)CC2. The van der Waals surface area contributed by atoms with Gasteiger partial charge in [0, 0.05) is 38.5 Å². The van der Waals surface area contributed by atoms with Crippen molar-refractivity contribution in [3.8, 4) is 0 Å². The van der Waals surface area contributed by atoms with Crippen molar-refractivity contribution in [2.24, 2.45) is 5.92 Å². The highest BCUT2D eigenvalue weighted by Crippen LogP contribution is 2.34. The molecule has 1 amide bonds. The molecule has 0 bridgehead atoms. The van der Waals surface area contributed by atoms with Crippen LogP contribution in [0.15, 0.2) is 12.7 Å². The fourth-order valence-electron chi connectivity index (χ4n) is 3.88. The number of carbonyl (C=O) groups is 1. The molecule has 3 rings (SSSR count). The van der Waals surface area contributed by atoms with E-state index in [1.54, 1.807) is 0 Å². The molecule has 1 saturated carbocycles. The molecule has 0 aromatic carbocycles. The summed E-state index contributed by atoms with van der Waals surface area (Å²) in [6.45, 7) is 10.6. The standard InChI is InChI=1S/C18H30N4OS/c1-4-9-22-16(23)15(12-13(2)3)20-18(22)7-10-21(11-8-18)17(24)19-14-5-6-14/h4,13-15,20H,1,5-12H2,2-3H3,(H,19,24)/t15-/m1/s1. The summed E-state index contributed by atoms with van der Waals surface area (Å²) in [5.74, 6) is 0.735. The van der Waals surface area contributed by atoms with E-state index in [1.165, 1.54) is 12.8 Å². The zero-order chi connectivity index (χ0) is 17.3. The average molecular weight is 351 g/mol. The number of rotatable bonds is 5. The number of piperidine rings is 1. The van der Waals surface area contributed by atoms with Gasteiger partial charge in [0.25, 0.3) is 0 Å². The van der Waals surface area contributed by atoms with Crippen molar-refractivity contribution in [3.63, 3.8) is 0 Å². The highest BCUT2D eigenvalue weighted by atomic mass is 32.1. The topological polar surface area (TPSA) is 47.6 Å². The Kier molecular flexibility index (Phi) is 5.16. The van der Waals surface area contributed by atoms with Crippen LogP contribution >= 0.6 is 12.2 Å². The second-order valence-electron chi connectivity index (χ2n) is 7.81. The first-order chi connectivity index (χ1) is 11.4. The summed E-state index contributed by atoms with van der Waals surface area (Å²) < 4.78 is 0. The van der Waals surface area contributed by atoms with Gasteiger partial charge in [0.1, 0.15) is 0 Å². The third kappa shape index (κ3) is 3.59. The second kappa shape index (κ2) is 7.00. The van der Waals surface area contributed by atoms with E-state index >= 15 is 0 Å². The van der Waals surface area contributed by atoms with E-state index in [9.17, 15) is 4.79 Å². The van der Waals surface area contributed by atoms with Crippen molar-refractivity contribution < 1.29 is 4.79 Å². The maximum Gasteiger partial charge on any atom is 0.241 e. The number of thiocarbonyl (C=S) groups is 1. The van der Waals surface area contributed by atoms with E-state index in [0.717, 1.165) is 37.5 Å². The van der Waals surface area contributed by atoms with E-state index < -0.39 is 0 Å². The maximum atomic E-state index is 12.8. The van der Waals surface area contributed by atoms with Gasteiger partial charge in [-0.2, -0.15) is 0 Å². The van der Waals surface area contributed by atoms with Crippen molar-refractivity contribution >= 4 is 23.2 Å². The minimum Gasteiger partial charge on any atom is -0.360 e. The van der Waals surface area contributed by atoms with Gasteiger partial charge in [-0.25, -0.2) is 0 Å². The third-order valence-electron chi connectivity index (χ3n) is 5.33. The molecule has 6 heteroatoms.